The van der Waals surface area contributed by atoms with E-state index in [4.69, 9.17) is 44.0 Å². The quantitative estimate of drug-likeness (QED) is 0.330. The summed E-state index contributed by atoms with van der Waals surface area (Å²) in [7, 11) is 0. The largest absolute Gasteiger partial charge is 0.481 e. The van der Waals surface area contributed by atoms with E-state index in [1.165, 1.54) is 0 Å². The maximum Gasteiger partial charge on any atom is 0.235 e. The topological polar surface area (TPSA) is 39.4 Å². The molecule has 4 aromatic rings. The molecule has 0 atom stereocenters. The Morgan fingerprint density at radius 2 is 1.62 bits per heavy atom. The highest BCUT2D eigenvalue weighted by Gasteiger charge is 2.18. The van der Waals surface area contributed by atoms with Crippen LogP contribution in [0.15, 0.2) is 69.9 Å². The summed E-state index contributed by atoms with van der Waals surface area (Å²) in [6.45, 7) is 2.03. The van der Waals surface area contributed by atoms with Crippen molar-refractivity contribution in [2.24, 2.45) is 0 Å². The lowest BCUT2D eigenvalue weighted by Crippen LogP contribution is -2.10. The standard InChI is InChI=1S/C23H15Cl3O3/c1-13-2-9-18-20(10-13)29-22(14-3-6-16(24)7-4-14)23(21(18)27)28-12-15-5-8-17(25)11-19(15)26/h2-11H,12H2,1H3. The molecule has 6 heteroatoms. The number of aryl methyl sites for hydroxylation is 1. The Hall–Kier alpha value is -2.46. The minimum absolute atomic E-state index is 0.0960. The number of fused-ring (bicyclic) bond motifs is 1. The first-order valence-corrected chi connectivity index (χ1v) is 9.96. The molecule has 0 bridgehead atoms. The average Bonchev–Trinajstić information content (AvgIpc) is 2.69. The first kappa shape index (κ1) is 19.8. The van der Waals surface area contributed by atoms with Crippen molar-refractivity contribution in [1.29, 1.82) is 0 Å². The van der Waals surface area contributed by atoms with E-state index in [-0.39, 0.29) is 17.8 Å². The van der Waals surface area contributed by atoms with Crippen molar-refractivity contribution < 1.29 is 9.15 Å². The Kier molecular flexibility index (Phi) is 5.55. The highest BCUT2D eigenvalue weighted by atomic mass is 35.5. The van der Waals surface area contributed by atoms with Crippen LogP contribution in [-0.4, -0.2) is 0 Å². The summed E-state index contributed by atoms with van der Waals surface area (Å²) in [4.78, 5) is 13.2. The second kappa shape index (κ2) is 8.11. The van der Waals surface area contributed by atoms with Crippen LogP contribution in [0.2, 0.25) is 15.1 Å². The number of hydrogen-bond donors (Lipinski definition) is 0. The van der Waals surface area contributed by atoms with Crippen LogP contribution in [0.1, 0.15) is 11.1 Å². The minimum atomic E-state index is -0.249. The molecule has 0 aliphatic rings. The van der Waals surface area contributed by atoms with Crippen molar-refractivity contribution >= 4 is 45.8 Å². The van der Waals surface area contributed by atoms with Crippen LogP contribution < -0.4 is 10.2 Å². The van der Waals surface area contributed by atoms with Crippen LogP contribution in [0.4, 0.5) is 0 Å². The summed E-state index contributed by atoms with van der Waals surface area (Å²) in [6, 6.07) is 17.6. The van der Waals surface area contributed by atoms with Gasteiger partial charge in [0, 0.05) is 26.2 Å². The number of halogens is 3. The summed E-state index contributed by atoms with van der Waals surface area (Å²) < 4.78 is 12.0. The molecule has 3 aromatic carbocycles. The first-order chi connectivity index (χ1) is 13.9. The van der Waals surface area contributed by atoms with Crippen molar-refractivity contribution in [3.63, 3.8) is 0 Å². The molecular formula is C23H15Cl3O3. The third-order valence-electron chi connectivity index (χ3n) is 4.50. The van der Waals surface area contributed by atoms with Gasteiger partial charge < -0.3 is 9.15 Å². The predicted molar refractivity (Wildman–Crippen MR) is 118 cm³/mol. The molecular weight excluding hydrogens is 431 g/mol. The maximum atomic E-state index is 13.2. The fourth-order valence-electron chi connectivity index (χ4n) is 2.99. The van der Waals surface area contributed by atoms with Gasteiger partial charge in [-0.2, -0.15) is 0 Å². The number of hydrogen-bond acceptors (Lipinski definition) is 3. The van der Waals surface area contributed by atoms with Gasteiger partial charge in [-0.15, -0.1) is 0 Å². The molecule has 0 unspecified atom stereocenters. The molecule has 1 aromatic heterocycles. The fraction of sp³-hybridized carbons (Fsp3) is 0.0870. The summed E-state index contributed by atoms with van der Waals surface area (Å²) in [5.41, 5.74) is 2.64. The van der Waals surface area contributed by atoms with E-state index in [0.29, 0.717) is 42.9 Å². The van der Waals surface area contributed by atoms with Gasteiger partial charge in [-0.3, -0.25) is 4.79 Å². The third-order valence-corrected chi connectivity index (χ3v) is 5.34. The number of benzene rings is 3. The zero-order chi connectivity index (χ0) is 20.5. The Morgan fingerprint density at radius 1 is 0.897 bits per heavy atom. The van der Waals surface area contributed by atoms with Crippen LogP contribution in [0.25, 0.3) is 22.3 Å². The molecule has 0 fully saturated rings. The highest BCUT2D eigenvalue weighted by molar-refractivity contribution is 6.35. The minimum Gasteiger partial charge on any atom is -0.481 e. The van der Waals surface area contributed by atoms with Gasteiger partial charge in [0.2, 0.25) is 11.2 Å². The molecule has 0 aliphatic heterocycles. The van der Waals surface area contributed by atoms with E-state index >= 15 is 0 Å². The summed E-state index contributed by atoms with van der Waals surface area (Å²) in [5.74, 6) is 0.463. The molecule has 1 heterocycles. The van der Waals surface area contributed by atoms with E-state index in [1.54, 1.807) is 48.5 Å². The SMILES string of the molecule is Cc1ccc2c(=O)c(OCc3ccc(Cl)cc3Cl)c(-c3ccc(Cl)cc3)oc2c1. The van der Waals surface area contributed by atoms with Gasteiger partial charge in [0.25, 0.3) is 0 Å². The van der Waals surface area contributed by atoms with Crippen molar-refractivity contribution in [3.05, 3.63) is 97.1 Å². The molecule has 0 N–H and O–H groups in total. The monoisotopic (exact) mass is 444 g/mol. The second-order valence-corrected chi connectivity index (χ2v) is 7.90. The molecule has 0 saturated carbocycles. The van der Waals surface area contributed by atoms with E-state index < -0.39 is 0 Å². The van der Waals surface area contributed by atoms with Gasteiger partial charge in [0.05, 0.1) is 5.39 Å². The summed E-state index contributed by atoms with van der Waals surface area (Å²) in [6.07, 6.45) is 0. The molecule has 29 heavy (non-hydrogen) atoms. The van der Waals surface area contributed by atoms with Gasteiger partial charge in [-0.05, 0) is 61.0 Å². The van der Waals surface area contributed by atoms with Crippen molar-refractivity contribution in [1.82, 2.24) is 0 Å². The summed E-state index contributed by atoms with van der Waals surface area (Å²) in [5, 5.41) is 2.03. The number of rotatable bonds is 4. The van der Waals surface area contributed by atoms with Crippen molar-refractivity contribution in [3.8, 4) is 17.1 Å². The van der Waals surface area contributed by atoms with E-state index in [2.05, 4.69) is 0 Å². The Morgan fingerprint density at radius 3 is 2.34 bits per heavy atom. The summed E-state index contributed by atoms with van der Waals surface area (Å²) >= 11 is 18.2. The smallest absolute Gasteiger partial charge is 0.235 e. The van der Waals surface area contributed by atoms with Crippen LogP contribution in [0.3, 0.4) is 0 Å². The first-order valence-electron chi connectivity index (χ1n) is 8.82. The molecule has 3 nitrogen and oxygen atoms in total. The lowest BCUT2D eigenvalue weighted by molar-refractivity contribution is 0.298. The number of ether oxygens (including phenoxy) is 1. The Balaban J connectivity index is 1.84. The van der Waals surface area contributed by atoms with Crippen molar-refractivity contribution in [2.75, 3.05) is 0 Å². The van der Waals surface area contributed by atoms with Crippen LogP contribution >= 0.6 is 34.8 Å². The molecule has 0 aliphatic carbocycles. The second-order valence-electron chi connectivity index (χ2n) is 6.62. The van der Waals surface area contributed by atoms with Crippen LogP contribution in [0.5, 0.6) is 5.75 Å². The molecule has 0 spiro atoms. The Labute approximate surface area is 182 Å². The van der Waals surface area contributed by atoms with Gasteiger partial charge in [-0.1, -0.05) is 46.9 Å². The molecule has 0 saturated heterocycles. The lowest BCUT2D eigenvalue weighted by atomic mass is 10.1. The van der Waals surface area contributed by atoms with Crippen LogP contribution in [-0.2, 0) is 6.61 Å². The normalized spacial score (nSPS) is 11.0. The van der Waals surface area contributed by atoms with Gasteiger partial charge in [-0.25, -0.2) is 0 Å². The van der Waals surface area contributed by atoms with E-state index in [0.717, 1.165) is 5.56 Å². The zero-order valence-corrected chi connectivity index (χ0v) is 17.6. The molecule has 0 amide bonds. The lowest BCUT2D eigenvalue weighted by Gasteiger charge is -2.13. The fourth-order valence-corrected chi connectivity index (χ4v) is 3.58. The average molecular weight is 446 g/mol. The highest BCUT2D eigenvalue weighted by Crippen LogP contribution is 2.33. The van der Waals surface area contributed by atoms with Gasteiger partial charge in [0.15, 0.2) is 5.76 Å². The van der Waals surface area contributed by atoms with Gasteiger partial charge >= 0.3 is 0 Å². The molecule has 146 valence electrons. The van der Waals surface area contributed by atoms with Crippen molar-refractivity contribution in [2.45, 2.75) is 13.5 Å². The van der Waals surface area contributed by atoms with E-state index in [9.17, 15) is 4.79 Å². The molecule has 4 rings (SSSR count). The Bertz CT molecular complexity index is 1260. The maximum absolute atomic E-state index is 13.2. The third kappa shape index (κ3) is 4.13. The van der Waals surface area contributed by atoms with Gasteiger partial charge in [0.1, 0.15) is 12.2 Å². The predicted octanol–water partition coefficient (Wildman–Crippen LogP) is 7.31. The van der Waals surface area contributed by atoms with E-state index in [1.807, 2.05) is 19.1 Å². The van der Waals surface area contributed by atoms with Crippen LogP contribution in [0, 0.1) is 6.92 Å². The molecule has 0 radical (unpaired) electrons. The zero-order valence-electron chi connectivity index (χ0n) is 15.3.